The van der Waals surface area contributed by atoms with E-state index in [-0.39, 0.29) is 0 Å². The fourth-order valence-electron chi connectivity index (χ4n) is 3.56. The largest absolute Gasteiger partial charge is 0.265 e. The SMILES string of the molecule is Cc1nc(-c2ccc(-c3ccncc3)cc2)nc(-c2cccc(-c3ccccc3)c2)n1. The fraction of sp³-hybridized carbons (Fsp3) is 0.0370. The van der Waals surface area contributed by atoms with E-state index in [9.17, 15) is 0 Å². The monoisotopic (exact) mass is 400 g/mol. The molecule has 0 amide bonds. The summed E-state index contributed by atoms with van der Waals surface area (Å²) in [5.74, 6) is 2.05. The lowest BCUT2D eigenvalue weighted by Crippen LogP contribution is -1.99. The van der Waals surface area contributed by atoms with E-state index in [0.29, 0.717) is 17.5 Å². The number of aromatic nitrogens is 4. The molecule has 148 valence electrons. The van der Waals surface area contributed by atoms with Crippen LogP contribution in [0.15, 0.2) is 103 Å². The highest BCUT2D eigenvalue weighted by molar-refractivity contribution is 5.71. The molecule has 0 saturated heterocycles. The topological polar surface area (TPSA) is 51.6 Å². The smallest absolute Gasteiger partial charge is 0.163 e. The van der Waals surface area contributed by atoms with Crippen molar-refractivity contribution in [2.75, 3.05) is 0 Å². The van der Waals surface area contributed by atoms with Gasteiger partial charge in [-0.15, -0.1) is 0 Å². The van der Waals surface area contributed by atoms with Crippen LogP contribution in [0.5, 0.6) is 0 Å². The normalized spacial score (nSPS) is 10.7. The van der Waals surface area contributed by atoms with Crippen molar-refractivity contribution in [3.63, 3.8) is 0 Å². The van der Waals surface area contributed by atoms with E-state index in [2.05, 4.69) is 63.5 Å². The molecule has 4 heteroatoms. The lowest BCUT2D eigenvalue weighted by Gasteiger charge is -2.08. The van der Waals surface area contributed by atoms with Gasteiger partial charge in [-0.05, 0) is 47.4 Å². The van der Waals surface area contributed by atoms with Crippen LogP contribution in [0.4, 0.5) is 0 Å². The number of nitrogens with zero attached hydrogens (tertiary/aromatic N) is 4. The first-order valence-electron chi connectivity index (χ1n) is 10.2. The third-order valence-corrected chi connectivity index (χ3v) is 5.13. The van der Waals surface area contributed by atoms with Gasteiger partial charge in [-0.1, -0.05) is 72.8 Å². The molecule has 2 aromatic heterocycles. The summed E-state index contributed by atoms with van der Waals surface area (Å²) in [5, 5.41) is 0. The third-order valence-electron chi connectivity index (χ3n) is 5.13. The van der Waals surface area contributed by atoms with E-state index < -0.39 is 0 Å². The number of benzene rings is 3. The van der Waals surface area contributed by atoms with Gasteiger partial charge in [-0.2, -0.15) is 0 Å². The van der Waals surface area contributed by atoms with E-state index in [0.717, 1.165) is 27.8 Å². The summed E-state index contributed by atoms with van der Waals surface area (Å²) >= 11 is 0. The minimum absolute atomic E-state index is 0.675. The lowest BCUT2D eigenvalue weighted by atomic mass is 10.0. The van der Waals surface area contributed by atoms with Crippen LogP contribution in [-0.4, -0.2) is 19.9 Å². The second-order valence-electron chi connectivity index (χ2n) is 7.29. The molecule has 5 aromatic rings. The molecule has 0 saturated carbocycles. The highest BCUT2D eigenvalue weighted by Gasteiger charge is 2.10. The Hall–Kier alpha value is -4.18. The van der Waals surface area contributed by atoms with Gasteiger partial charge in [0, 0.05) is 23.5 Å². The van der Waals surface area contributed by atoms with Gasteiger partial charge in [-0.3, -0.25) is 4.98 Å². The molecular formula is C27H20N4. The molecule has 31 heavy (non-hydrogen) atoms. The molecule has 0 bridgehead atoms. The Balaban J connectivity index is 1.50. The molecule has 0 aliphatic heterocycles. The molecular weight excluding hydrogens is 380 g/mol. The predicted octanol–water partition coefficient (Wildman–Crippen LogP) is 6.24. The molecule has 4 nitrogen and oxygen atoms in total. The van der Waals surface area contributed by atoms with Crippen molar-refractivity contribution in [3.8, 4) is 45.0 Å². The predicted molar refractivity (Wildman–Crippen MR) is 124 cm³/mol. The molecule has 0 aliphatic carbocycles. The number of rotatable bonds is 4. The second kappa shape index (κ2) is 8.28. The number of pyridine rings is 1. The van der Waals surface area contributed by atoms with Gasteiger partial charge >= 0.3 is 0 Å². The Morgan fingerprint density at radius 1 is 0.452 bits per heavy atom. The Bertz CT molecular complexity index is 1310. The van der Waals surface area contributed by atoms with Crippen LogP contribution in [0.2, 0.25) is 0 Å². The second-order valence-corrected chi connectivity index (χ2v) is 7.29. The fourth-order valence-corrected chi connectivity index (χ4v) is 3.56. The van der Waals surface area contributed by atoms with Gasteiger partial charge < -0.3 is 0 Å². The molecule has 0 unspecified atom stereocenters. The van der Waals surface area contributed by atoms with Crippen LogP contribution in [0.1, 0.15) is 5.82 Å². The zero-order chi connectivity index (χ0) is 21.0. The highest BCUT2D eigenvalue weighted by atomic mass is 15.0. The Morgan fingerprint density at radius 3 is 1.74 bits per heavy atom. The molecule has 2 heterocycles. The minimum Gasteiger partial charge on any atom is -0.265 e. The average Bonchev–Trinajstić information content (AvgIpc) is 2.85. The van der Waals surface area contributed by atoms with E-state index in [4.69, 9.17) is 4.98 Å². The first kappa shape index (κ1) is 18.8. The summed E-state index contributed by atoms with van der Waals surface area (Å²) in [6.45, 7) is 1.90. The van der Waals surface area contributed by atoms with E-state index in [1.807, 2.05) is 49.4 Å². The van der Waals surface area contributed by atoms with Crippen LogP contribution in [0.25, 0.3) is 45.0 Å². The average molecular weight is 400 g/mol. The quantitative estimate of drug-likeness (QED) is 0.358. The van der Waals surface area contributed by atoms with E-state index >= 15 is 0 Å². The molecule has 3 aromatic carbocycles. The standard InChI is InChI=1S/C27H20N4/c1-19-29-26(23-12-10-21(11-13-23)22-14-16-28-17-15-22)31-27(30-19)25-9-5-8-24(18-25)20-6-3-2-4-7-20/h2-18H,1H3. The van der Waals surface area contributed by atoms with Crippen LogP contribution in [0.3, 0.4) is 0 Å². The van der Waals surface area contributed by atoms with Crippen molar-refractivity contribution in [2.45, 2.75) is 6.92 Å². The van der Waals surface area contributed by atoms with Gasteiger partial charge in [-0.25, -0.2) is 15.0 Å². The summed E-state index contributed by atoms with van der Waals surface area (Å²) in [6.07, 6.45) is 3.60. The van der Waals surface area contributed by atoms with Gasteiger partial charge in [0.25, 0.3) is 0 Å². The summed E-state index contributed by atoms with van der Waals surface area (Å²) < 4.78 is 0. The maximum absolute atomic E-state index is 4.78. The molecule has 0 fully saturated rings. The highest BCUT2D eigenvalue weighted by Crippen LogP contribution is 2.27. The van der Waals surface area contributed by atoms with Crippen LogP contribution in [0, 0.1) is 6.92 Å². The van der Waals surface area contributed by atoms with Gasteiger partial charge in [0.1, 0.15) is 5.82 Å². The number of hydrogen-bond donors (Lipinski definition) is 0. The summed E-state index contributed by atoms with van der Waals surface area (Å²) in [5.41, 5.74) is 6.51. The van der Waals surface area contributed by atoms with Crippen LogP contribution < -0.4 is 0 Å². The van der Waals surface area contributed by atoms with Crippen molar-refractivity contribution >= 4 is 0 Å². The summed E-state index contributed by atoms with van der Waals surface area (Å²) in [7, 11) is 0. The molecule has 0 N–H and O–H groups in total. The van der Waals surface area contributed by atoms with E-state index in [1.54, 1.807) is 12.4 Å². The maximum Gasteiger partial charge on any atom is 0.163 e. The van der Waals surface area contributed by atoms with Crippen molar-refractivity contribution in [1.29, 1.82) is 0 Å². The van der Waals surface area contributed by atoms with Crippen molar-refractivity contribution in [2.24, 2.45) is 0 Å². The molecule has 0 atom stereocenters. The van der Waals surface area contributed by atoms with Crippen molar-refractivity contribution in [1.82, 2.24) is 19.9 Å². The van der Waals surface area contributed by atoms with Crippen molar-refractivity contribution in [3.05, 3.63) is 109 Å². The Morgan fingerprint density at radius 2 is 1.00 bits per heavy atom. The van der Waals surface area contributed by atoms with Crippen LogP contribution >= 0.6 is 0 Å². The van der Waals surface area contributed by atoms with Gasteiger partial charge in [0.05, 0.1) is 0 Å². The first-order chi connectivity index (χ1) is 15.3. The molecule has 5 rings (SSSR count). The summed E-state index contributed by atoms with van der Waals surface area (Å²) in [4.78, 5) is 18.0. The number of aryl methyl sites for hydroxylation is 1. The number of hydrogen-bond acceptors (Lipinski definition) is 4. The lowest BCUT2D eigenvalue weighted by molar-refractivity contribution is 0.992. The third kappa shape index (κ3) is 4.09. The zero-order valence-corrected chi connectivity index (χ0v) is 17.1. The first-order valence-corrected chi connectivity index (χ1v) is 10.2. The molecule has 0 radical (unpaired) electrons. The summed E-state index contributed by atoms with van der Waals surface area (Å²) in [6, 6.07) is 30.9. The molecule has 0 aliphatic rings. The maximum atomic E-state index is 4.78. The Kier molecular flexibility index (Phi) is 5.03. The van der Waals surface area contributed by atoms with Crippen molar-refractivity contribution < 1.29 is 0 Å². The molecule has 0 spiro atoms. The minimum atomic E-state index is 0.675. The Labute approximate surface area is 181 Å². The van der Waals surface area contributed by atoms with E-state index in [1.165, 1.54) is 5.56 Å². The van der Waals surface area contributed by atoms with Crippen LogP contribution in [-0.2, 0) is 0 Å². The van der Waals surface area contributed by atoms with Gasteiger partial charge in [0.15, 0.2) is 11.6 Å². The zero-order valence-electron chi connectivity index (χ0n) is 17.1. The van der Waals surface area contributed by atoms with Gasteiger partial charge in [0.2, 0.25) is 0 Å².